The van der Waals surface area contributed by atoms with Crippen molar-refractivity contribution in [1.29, 1.82) is 0 Å². The van der Waals surface area contributed by atoms with Crippen molar-refractivity contribution < 1.29 is 5.11 Å². The second kappa shape index (κ2) is 5.78. The Morgan fingerprint density at radius 1 is 1.33 bits per heavy atom. The lowest BCUT2D eigenvalue weighted by Gasteiger charge is -2.28. The minimum atomic E-state index is 0.221. The van der Waals surface area contributed by atoms with E-state index in [2.05, 4.69) is 4.90 Å². The standard InChI is InChI=1S/C8H15NOS2/c10-6-7-12-8(11)9-4-2-1-3-5-9/h10H,1-7H2. The van der Waals surface area contributed by atoms with Gasteiger partial charge >= 0.3 is 0 Å². The number of likely N-dealkylation sites (tertiary alicyclic amines) is 1. The van der Waals surface area contributed by atoms with E-state index in [9.17, 15) is 0 Å². The second-order valence-corrected chi connectivity index (χ2v) is 4.61. The predicted octanol–water partition coefficient (Wildman–Crippen LogP) is 1.48. The van der Waals surface area contributed by atoms with Gasteiger partial charge in [-0.2, -0.15) is 0 Å². The third-order valence-corrected chi connectivity index (χ3v) is 3.43. The maximum absolute atomic E-state index is 8.61. The number of rotatable bonds is 2. The molecule has 12 heavy (non-hydrogen) atoms. The largest absolute Gasteiger partial charge is 0.396 e. The molecule has 0 amide bonds. The molecule has 1 saturated heterocycles. The van der Waals surface area contributed by atoms with Crippen LogP contribution in [-0.4, -0.2) is 39.8 Å². The third kappa shape index (κ3) is 3.29. The van der Waals surface area contributed by atoms with E-state index in [4.69, 9.17) is 17.3 Å². The van der Waals surface area contributed by atoms with Crippen LogP contribution in [0.4, 0.5) is 0 Å². The number of aliphatic hydroxyl groups excluding tert-OH is 1. The summed E-state index contributed by atoms with van der Waals surface area (Å²) >= 11 is 6.81. The van der Waals surface area contributed by atoms with E-state index >= 15 is 0 Å². The Kier molecular flexibility index (Phi) is 4.95. The average Bonchev–Trinajstić information content (AvgIpc) is 2.15. The van der Waals surface area contributed by atoms with E-state index in [0.717, 1.165) is 23.2 Å². The van der Waals surface area contributed by atoms with Gasteiger partial charge < -0.3 is 10.0 Å². The van der Waals surface area contributed by atoms with Gasteiger partial charge in [-0.05, 0) is 19.3 Å². The predicted molar refractivity (Wildman–Crippen MR) is 57.6 cm³/mol. The van der Waals surface area contributed by atoms with Crippen molar-refractivity contribution in [1.82, 2.24) is 4.90 Å². The summed E-state index contributed by atoms with van der Waals surface area (Å²) in [5.74, 6) is 0.731. The summed E-state index contributed by atoms with van der Waals surface area (Å²) in [4.78, 5) is 2.25. The molecule has 0 spiro atoms. The van der Waals surface area contributed by atoms with Gasteiger partial charge in [-0.1, -0.05) is 24.0 Å². The third-order valence-electron chi connectivity index (χ3n) is 1.93. The molecule has 0 radical (unpaired) electrons. The zero-order chi connectivity index (χ0) is 8.81. The Morgan fingerprint density at radius 2 is 2.00 bits per heavy atom. The summed E-state index contributed by atoms with van der Waals surface area (Å²) in [6.45, 7) is 2.44. The molecule has 0 unspecified atom stereocenters. The molecule has 1 fully saturated rings. The van der Waals surface area contributed by atoms with Crippen molar-refractivity contribution in [3.8, 4) is 0 Å². The molecule has 0 aromatic carbocycles. The fourth-order valence-electron chi connectivity index (χ4n) is 1.30. The van der Waals surface area contributed by atoms with Gasteiger partial charge in [0, 0.05) is 18.8 Å². The zero-order valence-corrected chi connectivity index (χ0v) is 8.79. The number of hydrogen-bond donors (Lipinski definition) is 1. The van der Waals surface area contributed by atoms with Gasteiger partial charge in [0.2, 0.25) is 0 Å². The molecule has 1 rings (SSSR count). The van der Waals surface area contributed by atoms with E-state index in [1.807, 2.05) is 0 Å². The first-order valence-electron chi connectivity index (χ1n) is 4.37. The minimum absolute atomic E-state index is 0.221. The molecule has 1 heterocycles. The first kappa shape index (κ1) is 10.3. The summed E-state index contributed by atoms with van der Waals surface area (Å²) in [5, 5.41) is 8.61. The lowest BCUT2D eigenvalue weighted by molar-refractivity contribution is 0.322. The first-order chi connectivity index (χ1) is 5.84. The maximum atomic E-state index is 8.61. The summed E-state index contributed by atoms with van der Waals surface area (Å²) in [5.41, 5.74) is 0. The smallest absolute Gasteiger partial charge is 0.136 e. The Balaban J connectivity index is 2.20. The molecule has 1 aliphatic heterocycles. The van der Waals surface area contributed by atoms with Crippen LogP contribution in [0.5, 0.6) is 0 Å². The molecule has 1 aliphatic rings. The summed E-state index contributed by atoms with van der Waals surface area (Å²) in [6.07, 6.45) is 3.86. The van der Waals surface area contributed by atoms with Gasteiger partial charge in [-0.15, -0.1) is 0 Å². The Bertz CT molecular complexity index is 146. The number of thioether (sulfide) groups is 1. The molecular weight excluding hydrogens is 190 g/mol. The molecule has 0 saturated carbocycles. The van der Waals surface area contributed by atoms with Crippen LogP contribution in [0.2, 0.25) is 0 Å². The molecule has 0 atom stereocenters. The van der Waals surface area contributed by atoms with Crippen LogP contribution in [0, 0.1) is 0 Å². The topological polar surface area (TPSA) is 23.5 Å². The Morgan fingerprint density at radius 3 is 2.58 bits per heavy atom. The minimum Gasteiger partial charge on any atom is -0.396 e. The highest BCUT2D eigenvalue weighted by Crippen LogP contribution is 2.15. The molecule has 1 N–H and O–H groups in total. The Labute approximate surface area is 83.3 Å². The number of nitrogens with zero attached hydrogens (tertiary/aromatic N) is 1. The zero-order valence-electron chi connectivity index (χ0n) is 7.16. The monoisotopic (exact) mass is 205 g/mol. The van der Waals surface area contributed by atoms with Gasteiger partial charge in [0.05, 0.1) is 6.61 Å². The summed E-state index contributed by atoms with van der Waals surface area (Å²) in [6, 6.07) is 0. The number of piperidine rings is 1. The number of aliphatic hydroxyl groups is 1. The SMILES string of the molecule is OCCSC(=S)N1CCCCC1. The molecule has 0 aliphatic carbocycles. The van der Waals surface area contributed by atoms with Crippen LogP contribution in [-0.2, 0) is 0 Å². The van der Waals surface area contributed by atoms with Crippen LogP contribution in [0.1, 0.15) is 19.3 Å². The van der Waals surface area contributed by atoms with Crippen LogP contribution in [0.15, 0.2) is 0 Å². The highest BCUT2D eigenvalue weighted by atomic mass is 32.2. The van der Waals surface area contributed by atoms with E-state index in [0.29, 0.717) is 0 Å². The van der Waals surface area contributed by atoms with Crippen molar-refractivity contribution in [2.24, 2.45) is 0 Å². The van der Waals surface area contributed by atoms with Crippen LogP contribution < -0.4 is 0 Å². The van der Waals surface area contributed by atoms with E-state index in [1.54, 1.807) is 11.8 Å². The lowest BCUT2D eigenvalue weighted by atomic mass is 10.1. The summed E-state index contributed by atoms with van der Waals surface area (Å²) < 4.78 is 0.962. The molecule has 0 aromatic rings. The molecule has 0 bridgehead atoms. The quantitative estimate of drug-likeness (QED) is 0.690. The van der Waals surface area contributed by atoms with Crippen molar-refractivity contribution >= 4 is 28.3 Å². The Hall–Kier alpha value is 0.200. The van der Waals surface area contributed by atoms with Crippen molar-refractivity contribution in [2.75, 3.05) is 25.4 Å². The van der Waals surface area contributed by atoms with Gasteiger partial charge in [-0.25, -0.2) is 0 Å². The highest BCUT2D eigenvalue weighted by Gasteiger charge is 2.12. The second-order valence-electron chi connectivity index (χ2n) is 2.89. The number of thiocarbonyl (C=S) groups is 1. The van der Waals surface area contributed by atoms with Gasteiger partial charge in [0.1, 0.15) is 4.32 Å². The normalized spacial score (nSPS) is 17.9. The van der Waals surface area contributed by atoms with Crippen molar-refractivity contribution in [3.05, 3.63) is 0 Å². The molecule has 70 valence electrons. The fourth-order valence-corrected chi connectivity index (χ4v) is 2.36. The van der Waals surface area contributed by atoms with E-state index in [1.165, 1.54) is 19.3 Å². The number of hydrogen-bond acceptors (Lipinski definition) is 3. The molecule has 0 aromatic heterocycles. The fraction of sp³-hybridized carbons (Fsp3) is 0.875. The van der Waals surface area contributed by atoms with Crippen LogP contribution in [0.3, 0.4) is 0 Å². The van der Waals surface area contributed by atoms with Gasteiger partial charge in [0.15, 0.2) is 0 Å². The highest BCUT2D eigenvalue weighted by molar-refractivity contribution is 8.22. The van der Waals surface area contributed by atoms with Crippen molar-refractivity contribution in [2.45, 2.75) is 19.3 Å². The van der Waals surface area contributed by atoms with Crippen LogP contribution in [0.25, 0.3) is 0 Å². The van der Waals surface area contributed by atoms with E-state index in [-0.39, 0.29) is 6.61 Å². The first-order valence-corrected chi connectivity index (χ1v) is 5.76. The lowest BCUT2D eigenvalue weighted by Crippen LogP contribution is -2.32. The molecular formula is C8H15NOS2. The van der Waals surface area contributed by atoms with Crippen molar-refractivity contribution in [3.63, 3.8) is 0 Å². The maximum Gasteiger partial charge on any atom is 0.136 e. The van der Waals surface area contributed by atoms with E-state index < -0.39 is 0 Å². The van der Waals surface area contributed by atoms with Gasteiger partial charge in [0.25, 0.3) is 0 Å². The summed E-state index contributed by atoms with van der Waals surface area (Å²) in [7, 11) is 0. The van der Waals surface area contributed by atoms with Crippen LogP contribution >= 0.6 is 24.0 Å². The molecule has 2 nitrogen and oxygen atoms in total. The molecule has 4 heteroatoms. The van der Waals surface area contributed by atoms with Gasteiger partial charge in [-0.3, -0.25) is 0 Å². The average molecular weight is 205 g/mol.